The number of nitrogens with zero attached hydrogens (tertiary/aromatic N) is 5. The molecule has 1 unspecified atom stereocenters. The number of likely N-dealkylation sites (tertiary alicyclic amines) is 1. The molecule has 4 rings (SSSR count). The summed E-state index contributed by atoms with van der Waals surface area (Å²) in [7, 11) is 8.08. The zero-order valence-corrected chi connectivity index (χ0v) is 26.6. The highest BCUT2D eigenvalue weighted by Crippen LogP contribution is 2.41. The van der Waals surface area contributed by atoms with Crippen LogP contribution in [0, 0.1) is 5.92 Å². The Bertz CT molecular complexity index is 1180. The zero-order chi connectivity index (χ0) is 31.3. The number of ether oxygens (including phenoxy) is 1. The van der Waals surface area contributed by atoms with Gasteiger partial charge in [-0.2, -0.15) is 0 Å². The number of fused-ring (bicyclic) bond motifs is 1. The number of carbonyl (C=O) groups excluding carboxylic acids is 3. The smallest absolute Gasteiger partial charge is 0.326 e. The molecule has 11 heteroatoms. The van der Waals surface area contributed by atoms with Crippen LogP contribution in [0.25, 0.3) is 0 Å². The van der Waals surface area contributed by atoms with Gasteiger partial charge in [-0.25, -0.2) is 4.79 Å². The number of carbonyl (C=O) groups is 4. The van der Waals surface area contributed by atoms with Crippen LogP contribution in [0.3, 0.4) is 0 Å². The summed E-state index contributed by atoms with van der Waals surface area (Å²) in [6.45, 7) is 6.01. The normalized spacial score (nSPS) is 22.6. The molecule has 0 saturated carbocycles. The molecule has 0 radical (unpaired) electrons. The highest BCUT2D eigenvalue weighted by Gasteiger charge is 2.48. The third-order valence-corrected chi connectivity index (χ3v) is 9.07. The molecule has 2 fully saturated rings. The number of aliphatic carboxylic acids is 1. The average molecular weight is 601 g/mol. The van der Waals surface area contributed by atoms with Gasteiger partial charge in [0.05, 0.1) is 46.8 Å². The van der Waals surface area contributed by atoms with Crippen LogP contribution in [0.5, 0.6) is 5.75 Å². The second kappa shape index (κ2) is 14.1. The van der Waals surface area contributed by atoms with Gasteiger partial charge in [-0.3, -0.25) is 24.2 Å². The summed E-state index contributed by atoms with van der Waals surface area (Å²) in [5.41, 5.74) is 2.00. The van der Waals surface area contributed by atoms with Crippen LogP contribution in [-0.2, 0) is 20.8 Å². The monoisotopic (exact) mass is 600 g/mol. The number of amides is 4. The summed E-state index contributed by atoms with van der Waals surface area (Å²) in [5, 5.41) is 10.6. The molecular formula is C32H50N5O6+. The van der Waals surface area contributed by atoms with Crippen molar-refractivity contribution in [3.63, 3.8) is 0 Å². The van der Waals surface area contributed by atoms with Crippen LogP contribution in [0.4, 0.5) is 4.79 Å². The van der Waals surface area contributed by atoms with E-state index in [1.807, 2.05) is 21.9 Å². The second-order valence-corrected chi connectivity index (χ2v) is 13.3. The molecule has 3 heterocycles. The third kappa shape index (κ3) is 8.06. The van der Waals surface area contributed by atoms with Gasteiger partial charge in [0.15, 0.2) is 0 Å². The first kappa shape index (κ1) is 32.7. The minimum Gasteiger partial charge on any atom is -0.493 e. The molecular weight excluding hydrogens is 550 g/mol. The van der Waals surface area contributed by atoms with Gasteiger partial charge in [-0.1, -0.05) is 25.5 Å². The van der Waals surface area contributed by atoms with E-state index in [1.54, 1.807) is 7.05 Å². The molecule has 3 aliphatic rings. The third-order valence-electron chi connectivity index (χ3n) is 9.07. The number of urea groups is 1. The molecule has 3 aliphatic heterocycles. The van der Waals surface area contributed by atoms with Crippen molar-refractivity contribution >= 4 is 23.8 Å². The van der Waals surface area contributed by atoms with Crippen molar-refractivity contribution < 1.29 is 33.5 Å². The lowest BCUT2D eigenvalue weighted by atomic mass is 9.83. The predicted octanol–water partition coefficient (Wildman–Crippen LogP) is 2.49. The largest absolute Gasteiger partial charge is 0.493 e. The van der Waals surface area contributed by atoms with E-state index >= 15 is 0 Å². The van der Waals surface area contributed by atoms with E-state index in [9.17, 15) is 24.3 Å². The topological polar surface area (TPSA) is 111 Å². The van der Waals surface area contributed by atoms with Crippen molar-refractivity contribution in [2.24, 2.45) is 5.92 Å². The van der Waals surface area contributed by atoms with E-state index < -0.39 is 17.9 Å². The van der Waals surface area contributed by atoms with Crippen LogP contribution in [0.15, 0.2) is 18.2 Å². The first-order chi connectivity index (χ1) is 20.4. The zero-order valence-electron chi connectivity index (χ0n) is 26.6. The molecule has 2 saturated heterocycles. The van der Waals surface area contributed by atoms with Crippen LogP contribution >= 0.6 is 0 Å². The Kier molecular flexibility index (Phi) is 10.7. The maximum atomic E-state index is 13.8. The van der Waals surface area contributed by atoms with Crippen LogP contribution < -0.4 is 4.74 Å². The van der Waals surface area contributed by atoms with Gasteiger partial charge >= 0.3 is 12.0 Å². The molecule has 0 aliphatic carbocycles. The Morgan fingerprint density at radius 1 is 1.12 bits per heavy atom. The molecule has 1 aromatic carbocycles. The quantitative estimate of drug-likeness (QED) is 0.327. The van der Waals surface area contributed by atoms with Gasteiger partial charge in [-0.05, 0) is 30.0 Å². The lowest BCUT2D eigenvalue weighted by Gasteiger charge is -2.34. The average Bonchev–Trinajstić information content (AvgIpc) is 3.56. The van der Waals surface area contributed by atoms with Gasteiger partial charge in [0, 0.05) is 71.0 Å². The van der Waals surface area contributed by atoms with Crippen LogP contribution in [0.2, 0.25) is 0 Å². The lowest BCUT2D eigenvalue weighted by Crippen LogP contribution is -2.52. The number of rotatable bonds is 14. The van der Waals surface area contributed by atoms with Gasteiger partial charge in [0.2, 0.25) is 11.8 Å². The molecule has 238 valence electrons. The molecule has 1 N–H and O–H groups in total. The maximum absolute atomic E-state index is 13.8. The fourth-order valence-electron chi connectivity index (χ4n) is 6.64. The SMILES string of the molecule is CCCCN(CCC[N+](C)(C)C)C(=O)CN1C[C@H](c2ccc3c(c2)CCO3)C(C(=O)O)[C@@H]1CCN1C(=O)CCN(C)C1=O. The Morgan fingerprint density at radius 3 is 2.56 bits per heavy atom. The first-order valence-electron chi connectivity index (χ1n) is 15.8. The molecule has 4 amide bonds. The van der Waals surface area contributed by atoms with Crippen molar-refractivity contribution in [2.45, 2.75) is 57.4 Å². The molecule has 0 bridgehead atoms. The number of hydrogen-bond donors (Lipinski definition) is 1. The molecule has 11 nitrogen and oxygen atoms in total. The number of carboxylic acid groups (broad SMARTS) is 1. The van der Waals surface area contributed by atoms with Gasteiger partial charge < -0.3 is 24.1 Å². The van der Waals surface area contributed by atoms with Gasteiger partial charge in [0.25, 0.3) is 0 Å². The van der Waals surface area contributed by atoms with E-state index in [4.69, 9.17) is 4.74 Å². The first-order valence-corrected chi connectivity index (χ1v) is 15.8. The summed E-state index contributed by atoms with van der Waals surface area (Å²) in [5.74, 6) is -1.46. The standard InChI is InChI=1S/C32H49N5O6/c1-6-7-14-34(15-8-18-37(3,4)5)29(39)22-35-21-25(23-9-10-27-24(20-23)13-19-43-27)30(31(40)41)26(35)11-17-36-28(38)12-16-33(2)32(36)42/h9-10,20,25-26,30H,6-8,11-19,21-22H2,1-5H3/p+1/t25-,26+,30?/m1/s1. The molecule has 1 aromatic rings. The van der Waals surface area contributed by atoms with Gasteiger partial charge in [-0.15, -0.1) is 0 Å². The van der Waals surface area contributed by atoms with Crippen molar-refractivity contribution in [3.8, 4) is 5.75 Å². The van der Waals surface area contributed by atoms with Crippen molar-refractivity contribution in [2.75, 3.05) is 80.6 Å². The summed E-state index contributed by atoms with van der Waals surface area (Å²) in [6, 6.07) is 5.04. The molecule has 43 heavy (non-hydrogen) atoms. The summed E-state index contributed by atoms with van der Waals surface area (Å²) in [4.78, 5) is 58.9. The molecule has 0 spiro atoms. The highest BCUT2D eigenvalue weighted by atomic mass is 16.5. The summed E-state index contributed by atoms with van der Waals surface area (Å²) < 4.78 is 6.50. The number of imide groups is 1. The summed E-state index contributed by atoms with van der Waals surface area (Å²) >= 11 is 0. The Morgan fingerprint density at radius 2 is 1.86 bits per heavy atom. The molecule has 3 atom stereocenters. The summed E-state index contributed by atoms with van der Waals surface area (Å²) in [6.07, 6.45) is 4.08. The Balaban J connectivity index is 1.58. The van der Waals surface area contributed by atoms with Crippen LogP contribution in [0.1, 0.15) is 56.1 Å². The minimum absolute atomic E-state index is 0.00291. The fraction of sp³-hybridized carbons (Fsp3) is 0.688. The number of benzene rings is 1. The number of quaternary nitrogens is 1. The predicted molar refractivity (Wildman–Crippen MR) is 163 cm³/mol. The lowest BCUT2D eigenvalue weighted by molar-refractivity contribution is -0.870. The second-order valence-electron chi connectivity index (χ2n) is 13.3. The van der Waals surface area contributed by atoms with E-state index in [2.05, 4.69) is 34.1 Å². The van der Waals surface area contributed by atoms with Crippen molar-refractivity contribution in [1.82, 2.24) is 19.6 Å². The number of hydrogen-bond acceptors (Lipinski definition) is 6. The van der Waals surface area contributed by atoms with E-state index in [1.165, 1.54) is 9.80 Å². The van der Waals surface area contributed by atoms with Crippen LogP contribution in [-0.4, -0.2) is 140 Å². The minimum atomic E-state index is -0.930. The maximum Gasteiger partial charge on any atom is 0.326 e. The number of carboxylic acids is 1. The van der Waals surface area contributed by atoms with E-state index in [-0.39, 0.29) is 49.7 Å². The molecule has 0 aromatic heterocycles. The highest BCUT2D eigenvalue weighted by molar-refractivity contribution is 5.96. The van der Waals surface area contributed by atoms with Crippen molar-refractivity contribution in [1.29, 1.82) is 0 Å². The number of unbranched alkanes of at least 4 members (excludes halogenated alkanes) is 1. The fourth-order valence-corrected chi connectivity index (χ4v) is 6.64. The van der Waals surface area contributed by atoms with E-state index in [0.29, 0.717) is 32.8 Å². The Hall–Kier alpha value is -3.18. The Labute approximate surface area is 255 Å². The van der Waals surface area contributed by atoms with Gasteiger partial charge in [0.1, 0.15) is 5.75 Å². The van der Waals surface area contributed by atoms with E-state index in [0.717, 1.165) is 53.6 Å². The van der Waals surface area contributed by atoms with Crippen molar-refractivity contribution in [3.05, 3.63) is 29.3 Å².